The minimum Gasteiger partial charge on any atom is -0.323 e. The molecular weight excluding hydrogens is 278 g/mol. The van der Waals surface area contributed by atoms with Crippen LogP contribution in [0.2, 0.25) is 0 Å². The Morgan fingerprint density at radius 3 is 2.36 bits per heavy atom. The first kappa shape index (κ1) is 14.7. The first-order chi connectivity index (χ1) is 10.6. The topological polar surface area (TPSA) is 72.7 Å². The molecule has 0 aliphatic heterocycles. The van der Waals surface area contributed by atoms with E-state index in [4.69, 9.17) is 0 Å². The molecule has 2 aromatic rings. The molecule has 6 nitrogen and oxygen atoms in total. The van der Waals surface area contributed by atoms with Crippen LogP contribution in [0.4, 0.5) is 5.69 Å². The number of nitrogens with zero attached hydrogens (tertiary/aromatic N) is 4. The summed E-state index contributed by atoms with van der Waals surface area (Å²) in [6.45, 7) is 5.99. The highest BCUT2D eigenvalue weighted by Gasteiger charge is 2.22. The van der Waals surface area contributed by atoms with Gasteiger partial charge in [-0.15, -0.1) is 0 Å². The summed E-state index contributed by atoms with van der Waals surface area (Å²) in [4.78, 5) is 20.7. The molecule has 0 radical (unpaired) electrons. The van der Waals surface area contributed by atoms with Gasteiger partial charge in [0.2, 0.25) is 5.91 Å². The quantitative estimate of drug-likeness (QED) is 0.945. The zero-order chi connectivity index (χ0) is 15.7. The Bertz CT molecular complexity index is 683. The van der Waals surface area contributed by atoms with Crippen molar-refractivity contribution in [1.82, 2.24) is 19.7 Å². The molecule has 1 fully saturated rings. The van der Waals surface area contributed by atoms with Crippen LogP contribution < -0.4 is 5.32 Å². The van der Waals surface area contributed by atoms with Gasteiger partial charge in [0.1, 0.15) is 0 Å². The van der Waals surface area contributed by atoms with E-state index in [2.05, 4.69) is 20.4 Å². The van der Waals surface area contributed by atoms with Gasteiger partial charge in [0.05, 0.1) is 23.8 Å². The molecule has 2 heterocycles. The van der Waals surface area contributed by atoms with E-state index in [-0.39, 0.29) is 11.8 Å². The number of hydrogen-bond acceptors (Lipinski definition) is 4. The van der Waals surface area contributed by atoms with Gasteiger partial charge in [-0.3, -0.25) is 4.79 Å². The summed E-state index contributed by atoms with van der Waals surface area (Å²) in [5.41, 5.74) is 3.78. The van der Waals surface area contributed by atoms with Crippen LogP contribution >= 0.6 is 0 Å². The minimum atomic E-state index is 0.0795. The molecule has 0 bridgehead atoms. The lowest BCUT2D eigenvalue weighted by atomic mass is 10.1. The van der Waals surface area contributed by atoms with Crippen LogP contribution in [0.25, 0.3) is 5.95 Å². The molecule has 0 aromatic carbocycles. The molecule has 1 saturated carbocycles. The second kappa shape index (κ2) is 5.87. The predicted molar refractivity (Wildman–Crippen MR) is 84.0 cm³/mol. The minimum absolute atomic E-state index is 0.0795. The van der Waals surface area contributed by atoms with Crippen LogP contribution in [0, 0.1) is 26.7 Å². The summed E-state index contributed by atoms with van der Waals surface area (Å²) in [5.74, 6) is 0.738. The highest BCUT2D eigenvalue weighted by atomic mass is 16.1. The average molecular weight is 299 g/mol. The van der Waals surface area contributed by atoms with Gasteiger partial charge in [-0.1, -0.05) is 12.8 Å². The lowest BCUT2D eigenvalue weighted by Crippen LogP contribution is -2.20. The zero-order valence-corrected chi connectivity index (χ0v) is 13.3. The summed E-state index contributed by atoms with van der Waals surface area (Å²) < 4.78 is 1.73. The van der Waals surface area contributed by atoms with Crippen LogP contribution in [-0.4, -0.2) is 25.7 Å². The van der Waals surface area contributed by atoms with Crippen LogP contribution in [0.3, 0.4) is 0 Å². The maximum Gasteiger partial charge on any atom is 0.250 e. The highest BCUT2D eigenvalue weighted by Crippen LogP contribution is 2.25. The lowest BCUT2D eigenvalue weighted by molar-refractivity contribution is -0.119. The largest absolute Gasteiger partial charge is 0.323 e. The van der Waals surface area contributed by atoms with Crippen molar-refractivity contribution < 1.29 is 4.79 Å². The number of rotatable bonds is 3. The summed E-state index contributed by atoms with van der Waals surface area (Å²) >= 11 is 0. The first-order valence-electron chi connectivity index (χ1n) is 7.72. The fourth-order valence-corrected chi connectivity index (χ4v) is 2.84. The van der Waals surface area contributed by atoms with Gasteiger partial charge in [0, 0.05) is 11.6 Å². The number of nitrogens with one attached hydrogen (secondary N) is 1. The van der Waals surface area contributed by atoms with Gasteiger partial charge in [-0.2, -0.15) is 5.10 Å². The molecular formula is C16H21N5O. The molecule has 1 aliphatic rings. The van der Waals surface area contributed by atoms with Crippen LogP contribution in [0.1, 0.15) is 42.6 Å². The molecule has 1 aliphatic carbocycles. The van der Waals surface area contributed by atoms with Gasteiger partial charge >= 0.3 is 0 Å². The smallest absolute Gasteiger partial charge is 0.250 e. The molecule has 2 aromatic heterocycles. The van der Waals surface area contributed by atoms with E-state index in [9.17, 15) is 4.79 Å². The standard InChI is InChI=1S/C16H21N5O/c1-10-11(2)20-21(12(10)3)16-17-8-14(9-18-16)19-15(22)13-6-4-5-7-13/h8-9,13H,4-7H2,1-3H3,(H,19,22). The van der Waals surface area contributed by atoms with E-state index >= 15 is 0 Å². The van der Waals surface area contributed by atoms with Crippen LogP contribution in [-0.2, 0) is 4.79 Å². The Kier molecular flexibility index (Phi) is 3.92. The molecule has 1 amide bonds. The molecule has 0 atom stereocenters. The average Bonchev–Trinajstić information content (AvgIpc) is 3.13. The summed E-state index contributed by atoms with van der Waals surface area (Å²) in [6, 6.07) is 0. The Morgan fingerprint density at radius 2 is 1.82 bits per heavy atom. The normalized spacial score (nSPS) is 15.2. The Morgan fingerprint density at radius 1 is 1.18 bits per heavy atom. The fraction of sp³-hybridized carbons (Fsp3) is 0.500. The van der Waals surface area contributed by atoms with Crippen molar-refractivity contribution in [3.63, 3.8) is 0 Å². The highest BCUT2D eigenvalue weighted by molar-refractivity contribution is 5.92. The number of hydrogen-bond donors (Lipinski definition) is 1. The molecule has 6 heteroatoms. The molecule has 1 N–H and O–H groups in total. The fourth-order valence-electron chi connectivity index (χ4n) is 2.84. The second-order valence-electron chi connectivity index (χ2n) is 5.95. The van der Waals surface area contributed by atoms with Crippen molar-refractivity contribution in [3.8, 4) is 5.95 Å². The number of aromatic nitrogens is 4. The molecule has 116 valence electrons. The van der Waals surface area contributed by atoms with E-state index in [1.165, 1.54) is 0 Å². The summed E-state index contributed by atoms with van der Waals surface area (Å²) in [6.07, 6.45) is 7.53. The first-order valence-corrected chi connectivity index (χ1v) is 7.72. The van der Waals surface area contributed by atoms with Gasteiger partial charge in [-0.25, -0.2) is 14.6 Å². The zero-order valence-electron chi connectivity index (χ0n) is 13.3. The van der Waals surface area contributed by atoms with Crippen molar-refractivity contribution in [1.29, 1.82) is 0 Å². The van der Waals surface area contributed by atoms with E-state index < -0.39 is 0 Å². The summed E-state index contributed by atoms with van der Waals surface area (Å²) in [5, 5.41) is 7.34. The van der Waals surface area contributed by atoms with E-state index in [0.29, 0.717) is 11.6 Å². The monoisotopic (exact) mass is 299 g/mol. The number of carbonyl (C=O) groups excluding carboxylic acids is 1. The second-order valence-corrected chi connectivity index (χ2v) is 5.95. The molecule has 0 spiro atoms. The third kappa shape index (κ3) is 2.73. The lowest BCUT2D eigenvalue weighted by Gasteiger charge is -2.10. The number of carbonyl (C=O) groups is 1. The molecule has 3 rings (SSSR count). The Hall–Kier alpha value is -2.24. The number of aryl methyl sites for hydroxylation is 1. The van der Waals surface area contributed by atoms with Crippen LogP contribution in [0.15, 0.2) is 12.4 Å². The maximum atomic E-state index is 12.1. The van der Waals surface area contributed by atoms with Gasteiger partial charge in [0.15, 0.2) is 0 Å². The molecule has 22 heavy (non-hydrogen) atoms. The number of anilines is 1. The van der Waals surface area contributed by atoms with Crippen molar-refractivity contribution in [2.75, 3.05) is 5.32 Å². The third-order valence-corrected chi connectivity index (χ3v) is 4.47. The number of amides is 1. The molecule has 0 saturated heterocycles. The van der Waals surface area contributed by atoms with Crippen molar-refractivity contribution in [2.45, 2.75) is 46.5 Å². The Balaban J connectivity index is 1.75. The molecule has 0 unspecified atom stereocenters. The van der Waals surface area contributed by atoms with E-state index in [1.54, 1.807) is 17.1 Å². The van der Waals surface area contributed by atoms with Crippen molar-refractivity contribution >= 4 is 11.6 Å². The predicted octanol–water partition coefficient (Wildman–Crippen LogP) is 2.72. The van der Waals surface area contributed by atoms with E-state index in [0.717, 1.165) is 42.6 Å². The van der Waals surface area contributed by atoms with Crippen LogP contribution in [0.5, 0.6) is 0 Å². The van der Waals surface area contributed by atoms with E-state index in [1.807, 2.05) is 20.8 Å². The van der Waals surface area contributed by atoms with Gasteiger partial charge in [0.25, 0.3) is 5.95 Å². The third-order valence-electron chi connectivity index (χ3n) is 4.47. The summed E-state index contributed by atoms with van der Waals surface area (Å²) in [7, 11) is 0. The van der Waals surface area contributed by atoms with Gasteiger partial charge in [-0.05, 0) is 39.2 Å². The van der Waals surface area contributed by atoms with Gasteiger partial charge < -0.3 is 5.32 Å². The van der Waals surface area contributed by atoms with Crippen molar-refractivity contribution in [2.24, 2.45) is 5.92 Å². The van der Waals surface area contributed by atoms with Crippen molar-refractivity contribution in [3.05, 3.63) is 29.3 Å². The Labute approximate surface area is 130 Å². The SMILES string of the molecule is Cc1nn(-c2ncc(NC(=O)C3CCCC3)cn2)c(C)c1C. The maximum absolute atomic E-state index is 12.1.